The van der Waals surface area contributed by atoms with Crippen molar-refractivity contribution in [3.63, 3.8) is 0 Å². The van der Waals surface area contributed by atoms with Crippen molar-refractivity contribution in [3.8, 4) is 34.3 Å². The second-order valence-electron chi connectivity index (χ2n) is 16.2. The molecule has 6 rings (SSSR count). The molecule has 0 saturated carbocycles. The Hall–Kier alpha value is -5.79. The van der Waals surface area contributed by atoms with Crippen LogP contribution in [0.15, 0.2) is 97.6 Å². The van der Waals surface area contributed by atoms with Gasteiger partial charge in [-0.25, -0.2) is 9.97 Å². The molecule has 0 atom stereocenters. The number of aromatic nitrogens is 8. The Morgan fingerprint density at radius 1 is 0.629 bits per heavy atom. The van der Waals surface area contributed by atoms with Crippen LogP contribution in [-0.2, 0) is 30.5 Å². The van der Waals surface area contributed by atoms with Gasteiger partial charge >= 0.3 is 0 Å². The van der Waals surface area contributed by atoms with Crippen LogP contribution in [-0.4, -0.2) is 89.8 Å². The van der Waals surface area contributed by atoms with Crippen LogP contribution in [0.3, 0.4) is 0 Å². The highest BCUT2D eigenvalue weighted by atomic mass is 35.5. The zero-order valence-corrected chi connectivity index (χ0v) is 39.0. The number of methoxy groups -OCH3 is 2. The van der Waals surface area contributed by atoms with E-state index in [0.29, 0.717) is 23.9 Å². The van der Waals surface area contributed by atoms with Gasteiger partial charge in [-0.3, -0.25) is 24.7 Å². The summed E-state index contributed by atoms with van der Waals surface area (Å²) in [6.07, 6.45) is 9.98. The molecule has 0 radical (unpaired) electrons. The fraction of sp³-hybridized carbons (Fsp3) is 0.417. The summed E-state index contributed by atoms with van der Waals surface area (Å²) in [6.45, 7) is 21.1. The number of aryl methyl sites for hydroxylation is 4. The van der Waals surface area contributed by atoms with Crippen LogP contribution in [0.5, 0.6) is 11.5 Å². The van der Waals surface area contributed by atoms with Crippen molar-refractivity contribution in [1.82, 2.24) is 44.8 Å². The fourth-order valence-corrected chi connectivity index (χ4v) is 5.42. The Morgan fingerprint density at radius 2 is 1.06 bits per heavy atom. The molecule has 332 valence electrons. The summed E-state index contributed by atoms with van der Waals surface area (Å²) in [6, 6.07) is 23.5. The fourth-order valence-electron chi connectivity index (χ4n) is 5.42. The van der Waals surface area contributed by atoms with Crippen LogP contribution in [0.4, 0.5) is 0 Å². The minimum Gasteiger partial charge on any atom is -0.497 e. The molecule has 0 aliphatic rings. The van der Waals surface area contributed by atoms with E-state index in [9.17, 15) is 9.59 Å². The lowest BCUT2D eigenvalue weighted by Crippen LogP contribution is -2.29. The average Bonchev–Trinajstić information content (AvgIpc) is 3.94. The van der Waals surface area contributed by atoms with E-state index in [0.717, 1.165) is 53.3 Å². The highest BCUT2D eigenvalue weighted by molar-refractivity contribution is 6.64. The van der Waals surface area contributed by atoms with Crippen molar-refractivity contribution in [3.05, 3.63) is 120 Å². The van der Waals surface area contributed by atoms with Gasteiger partial charge in [-0.1, -0.05) is 86.6 Å². The van der Waals surface area contributed by atoms with Gasteiger partial charge in [0.05, 0.1) is 14.2 Å². The molecule has 0 unspecified atom stereocenters. The number of carbonyl (C=O) groups is 2. The summed E-state index contributed by atoms with van der Waals surface area (Å²) in [7, 11) is 3.32. The number of benzene rings is 2. The molecular weight excluding hydrogens is 802 g/mol. The van der Waals surface area contributed by atoms with E-state index >= 15 is 0 Å². The Balaban J connectivity index is 0.000000257. The third-order valence-corrected chi connectivity index (χ3v) is 10.0. The summed E-state index contributed by atoms with van der Waals surface area (Å²) in [5, 5.41) is 11.4. The monoisotopic (exact) mass is 865 g/mol. The van der Waals surface area contributed by atoms with Gasteiger partial charge in [-0.2, -0.15) is 9.78 Å². The van der Waals surface area contributed by atoms with Gasteiger partial charge in [0.2, 0.25) is 5.24 Å². The van der Waals surface area contributed by atoms with Gasteiger partial charge in [0.15, 0.2) is 11.6 Å². The number of aromatic amines is 1. The third-order valence-electron chi connectivity index (χ3n) is 9.45. The molecule has 4 heterocycles. The lowest BCUT2D eigenvalue weighted by molar-refractivity contribution is -0.118. The highest BCUT2D eigenvalue weighted by Crippen LogP contribution is 2.22. The number of hydrogen-bond donors (Lipinski definition) is 1. The number of halogens is 1. The Labute approximate surface area is 372 Å². The number of rotatable bonds is 13. The molecule has 0 saturated heterocycles. The van der Waals surface area contributed by atoms with Crippen LogP contribution in [0, 0.1) is 10.8 Å². The number of nitrogens with one attached hydrogen (secondary N) is 1. The second-order valence-corrected chi connectivity index (χ2v) is 16.6. The van der Waals surface area contributed by atoms with Gasteiger partial charge in [-0.05, 0) is 104 Å². The molecule has 0 aliphatic heterocycles. The van der Waals surface area contributed by atoms with E-state index in [4.69, 9.17) is 21.1 Å². The van der Waals surface area contributed by atoms with Crippen molar-refractivity contribution in [2.45, 2.75) is 88.0 Å². The number of nitrogens with zero attached hydrogens (tertiary/aromatic N) is 8. The molecule has 4 aromatic heterocycles. The number of pyridine rings is 2. The summed E-state index contributed by atoms with van der Waals surface area (Å²) >= 11 is 5.11. The van der Waals surface area contributed by atoms with Crippen LogP contribution in [0.1, 0.15) is 89.9 Å². The lowest BCUT2D eigenvalue weighted by atomic mass is 9.96. The normalized spacial score (nSPS) is 11.0. The molecular formula is C48H64ClN9O4. The van der Waals surface area contributed by atoms with E-state index in [-0.39, 0.29) is 16.6 Å². The first-order valence-corrected chi connectivity index (χ1v) is 21.3. The van der Waals surface area contributed by atoms with Crippen LogP contribution >= 0.6 is 11.6 Å². The smallest absolute Gasteiger partial charge is 0.253 e. The molecule has 2 aromatic carbocycles. The molecule has 0 spiro atoms. The first-order valence-electron chi connectivity index (χ1n) is 20.9. The molecule has 62 heavy (non-hydrogen) atoms. The zero-order valence-electron chi connectivity index (χ0n) is 38.3. The minimum atomic E-state index is -0.544. The van der Waals surface area contributed by atoms with E-state index in [2.05, 4.69) is 73.0 Å². The number of H-pyrrole nitrogens is 1. The first-order chi connectivity index (χ1) is 29.5. The zero-order chi connectivity index (χ0) is 45.7. The lowest BCUT2D eigenvalue weighted by Gasteiger charge is -2.17. The largest absolute Gasteiger partial charge is 0.497 e. The second kappa shape index (κ2) is 25.2. The summed E-state index contributed by atoms with van der Waals surface area (Å²) < 4.78 is 11.8. The summed E-state index contributed by atoms with van der Waals surface area (Å²) in [5.74, 6) is 4.43. The van der Waals surface area contributed by atoms with Crippen molar-refractivity contribution in [2.24, 2.45) is 10.8 Å². The molecule has 0 fully saturated rings. The molecule has 0 amide bonds. The van der Waals surface area contributed by atoms with Crippen molar-refractivity contribution < 1.29 is 19.1 Å². The maximum absolute atomic E-state index is 12.9. The molecule has 0 aliphatic carbocycles. The SMILES string of the molecule is CC(C)(C)C(=O)Cl.CCN(CC)CC.COc1ccc(CCc2nc(-c3ccncc3)n[nH]2)cc1.COc1ccc(CCc2nc(-c3ccncc3)nn2C(=O)C(C)(C)C)cc1. The summed E-state index contributed by atoms with van der Waals surface area (Å²) in [4.78, 5) is 42.6. The predicted molar refractivity (Wildman–Crippen MR) is 248 cm³/mol. The number of ether oxygens (including phenoxy) is 2. The van der Waals surface area contributed by atoms with Gasteiger partial charge in [0.25, 0.3) is 5.91 Å². The van der Waals surface area contributed by atoms with Crippen molar-refractivity contribution in [1.29, 1.82) is 0 Å². The van der Waals surface area contributed by atoms with Gasteiger partial charge in [0.1, 0.15) is 23.1 Å². The minimum absolute atomic E-state index is 0.0694. The standard InChI is InChI=1S/C21H24N4O2.C16H16N4O.C6H15N.C5H9ClO/c1-21(2,3)20(26)25-18(10-7-15-5-8-17(27-4)9-6-15)23-19(24-25)16-11-13-22-14-12-16;1-21-14-5-2-12(3-6-14)4-7-15-18-16(20-19-15)13-8-10-17-11-9-13;1-4-7(5-2)6-3;1-5(2,3)4(6)7/h5-6,8-9,11-14H,7,10H2,1-4H3;2-3,5-6,8-11H,4,7H2,1H3,(H,18,19,20);4-6H2,1-3H3;1-3H3. The van der Waals surface area contributed by atoms with Crippen molar-refractivity contribution >= 4 is 22.8 Å². The molecule has 0 bridgehead atoms. The van der Waals surface area contributed by atoms with E-state index in [1.165, 1.54) is 29.9 Å². The quantitative estimate of drug-likeness (QED) is 0.110. The molecule has 13 nitrogen and oxygen atoms in total. The number of carbonyl (C=O) groups excluding carboxylic acids is 2. The third kappa shape index (κ3) is 16.9. The van der Waals surface area contributed by atoms with Gasteiger partial charge in [-0.15, -0.1) is 5.10 Å². The molecule has 6 aromatic rings. The van der Waals surface area contributed by atoms with Gasteiger partial charge < -0.3 is 14.4 Å². The van der Waals surface area contributed by atoms with E-state index in [1.54, 1.807) is 59.8 Å². The average molecular weight is 867 g/mol. The summed E-state index contributed by atoms with van der Waals surface area (Å²) in [5.41, 5.74) is 3.30. The van der Waals surface area contributed by atoms with Gasteiger partial charge in [0, 0.05) is 59.6 Å². The molecule has 14 heteroatoms. The van der Waals surface area contributed by atoms with Crippen LogP contribution < -0.4 is 9.47 Å². The number of hydrogen-bond acceptors (Lipinski definition) is 11. The maximum atomic E-state index is 12.9. The Kier molecular flexibility index (Phi) is 20.6. The molecule has 1 N–H and O–H groups in total. The Morgan fingerprint density at radius 3 is 1.45 bits per heavy atom. The first kappa shape index (κ1) is 50.6. The van der Waals surface area contributed by atoms with Crippen LogP contribution in [0.2, 0.25) is 0 Å². The van der Waals surface area contributed by atoms with Crippen LogP contribution in [0.25, 0.3) is 22.8 Å². The maximum Gasteiger partial charge on any atom is 0.253 e. The van der Waals surface area contributed by atoms with E-state index < -0.39 is 5.41 Å². The topological polar surface area (TPSA) is 154 Å². The van der Waals surface area contributed by atoms with E-state index in [1.807, 2.05) is 81.4 Å². The Bertz CT molecular complexity index is 2190. The highest BCUT2D eigenvalue weighted by Gasteiger charge is 2.27. The predicted octanol–water partition coefficient (Wildman–Crippen LogP) is 9.63. The van der Waals surface area contributed by atoms with Crippen molar-refractivity contribution in [2.75, 3.05) is 33.9 Å².